The topological polar surface area (TPSA) is 50.8 Å². The smallest absolute Gasteiger partial charge is 0.134 e. The van der Waals surface area contributed by atoms with Gasteiger partial charge < -0.3 is 4.90 Å². The van der Waals surface area contributed by atoms with Crippen molar-refractivity contribution in [1.29, 1.82) is 10.5 Å². The maximum Gasteiger partial charge on any atom is 0.134 e. The van der Waals surface area contributed by atoms with Gasteiger partial charge in [-0.2, -0.15) is 10.5 Å². The summed E-state index contributed by atoms with van der Waals surface area (Å²) in [5.74, 6) is 0. The Morgan fingerprint density at radius 1 is 1.15 bits per heavy atom. The van der Waals surface area contributed by atoms with Crippen LogP contribution in [0.5, 0.6) is 0 Å². The van der Waals surface area contributed by atoms with E-state index in [1.54, 1.807) is 11.8 Å². The normalized spacial score (nSPS) is 21.6. The molecule has 0 aromatic heterocycles. The molecule has 0 saturated carbocycles. The summed E-state index contributed by atoms with van der Waals surface area (Å²) in [7, 11) is 0. The number of hydrogen-bond donors (Lipinski definition) is 0. The highest BCUT2D eigenvalue weighted by Gasteiger charge is 2.34. The minimum Gasteiger partial charge on any atom is -0.374 e. The van der Waals surface area contributed by atoms with Crippen molar-refractivity contribution in [3.8, 4) is 12.1 Å². The lowest BCUT2D eigenvalue weighted by Gasteiger charge is -2.38. The van der Waals surface area contributed by atoms with E-state index in [0.29, 0.717) is 5.57 Å². The summed E-state index contributed by atoms with van der Waals surface area (Å²) in [5.41, 5.74) is 2.72. The lowest BCUT2D eigenvalue weighted by atomic mass is 9.75. The van der Waals surface area contributed by atoms with Crippen LogP contribution in [0.2, 0.25) is 0 Å². The van der Waals surface area contributed by atoms with Gasteiger partial charge in [0.25, 0.3) is 0 Å². The summed E-state index contributed by atoms with van der Waals surface area (Å²) >= 11 is 1.69. The van der Waals surface area contributed by atoms with Crippen molar-refractivity contribution >= 4 is 11.8 Å². The van der Waals surface area contributed by atoms with Gasteiger partial charge in [0.2, 0.25) is 0 Å². The highest BCUT2D eigenvalue weighted by atomic mass is 32.2. The van der Waals surface area contributed by atoms with Crippen molar-refractivity contribution in [3.05, 3.63) is 21.7 Å². The molecular formula is C16H21N3S. The number of nitriles is 2. The number of thioether (sulfide) groups is 1. The first-order valence-corrected chi connectivity index (χ1v) is 8.30. The molecule has 20 heavy (non-hydrogen) atoms. The number of likely N-dealkylation sites (tertiary alicyclic amines) is 1. The Morgan fingerprint density at radius 3 is 2.25 bits per heavy atom. The van der Waals surface area contributed by atoms with Gasteiger partial charge in [0, 0.05) is 23.7 Å². The van der Waals surface area contributed by atoms with E-state index >= 15 is 0 Å². The van der Waals surface area contributed by atoms with E-state index in [9.17, 15) is 10.5 Å². The molecule has 1 saturated heterocycles. The van der Waals surface area contributed by atoms with E-state index in [-0.39, 0.29) is 5.41 Å². The summed E-state index contributed by atoms with van der Waals surface area (Å²) in [5, 5.41) is 18.5. The van der Waals surface area contributed by atoms with Crippen LogP contribution in [0.25, 0.3) is 0 Å². The van der Waals surface area contributed by atoms with E-state index in [4.69, 9.17) is 0 Å². The first-order chi connectivity index (χ1) is 9.52. The van der Waals surface area contributed by atoms with E-state index in [1.807, 2.05) is 0 Å². The van der Waals surface area contributed by atoms with Gasteiger partial charge in [0.15, 0.2) is 0 Å². The molecule has 1 fully saturated rings. The predicted octanol–water partition coefficient (Wildman–Crippen LogP) is 3.82. The van der Waals surface area contributed by atoms with E-state index in [1.165, 1.54) is 23.4 Å². The maximum absolute atomic E-state index is 9.24. The Balaban J connectivity index is 2.56. The lowest BCUT2D eigenvalue weighted by Crippen LogP contribution is -2.29. The van der Waals surface area contributed by atoms with Crippen LogP contribution < -0.4 is 0 Å². The molecule has 1 heterocycles. The quantitative estimate of drug-likeness (QED) is 0.724. The van der Waals surface area contributed by atoms with Gasteiger partial charge in [-0.3, -0.25) is 0 Å². The molecule has 0 N–H and O–H groups in total. The molecule has 1 aliphatic heterocycles. The zero-order valence-electron chi connectivity index (χ0n) is 12.5. The van der Waals surface area contributed by atoms with Crippen molar-refractivity contribution in [2.24, 2.45) is 5.41 Å². The van der Waals surface area contributed by atoms with Gasteiger partial charge in [0.1, 0.15) is 17.7 Å². The monoisotopic (exact) mass is 287 g/mol. The molecule has 0 radical (unpaired) electrons. The first-order valence-electron chi connectivity index (χ1n) is 7.08. The zero-order valence-corrected chi connectivity index (χ0v) is 13.3. The van der Waals surface area contributed by atoms with E-state index in [2.05, 4.69) is 37.1 Å². The van der Waals surface area contributed by atoms with Crippen LogP contribution in [0, 0.1) is 28.1 Å². The van der Waals surface area contributed by atoms with Gasteiger partial charge in [-0.15, -0.1) is 11.8 Å². The number of allylic oxidation sites excluding steroid dienone is 3. The van der Waals surface area contributed by atoms with Crippen LogP contribution >= 0.6 is 11.8 Å². The third-order valence-corrected chi connectivity index (χ3v) is 4.95. The standard InChI is InChI=1S/C16H21N3S/c1-16(2)8-13(12(10-17)11-18)15(20-3)14(9-16)19-6-4-5-7-19/h4-9H2,1-3H3. The summed E-state index contributed by atoms with van der Waals surface area (Å²) in [6.07, 6.45) is 6.39. The third-order valence-electron chi connectivity index (χ3n) is 4.05. The molecule has 0 unspecified atom stereocenters. The largest absolute Gasteiger partial charge is 0.374 e. The molecule has 0 spiro atoms. The van der Waals surface area contributed by atoms with Crippen molar-refractivity contribution < 1.29 is 0 Å². The number of hydrogen-bond acceptors (Lipinski definition) is 4. The summed E-state index contributed by atoms with van der Waals surface area (Å²) in [4.78, 5) is 3.63. The molecule has 4 heteroatoms. The molecule has 2 aliphatic rings. The fourth-order valence-corrected chi connectivity index (χ4v) is 4.03. The predicted molar refractivity (Wildman–Crippen MR) is 82.6 cm³/mol. The zero-order chi connectivity index (χ0) is 14.8. The van der Waals surface area contributed by atoms with Gasteiger partial charge in [-0.05, 0) is 42.9 Å². The SMILES string of the molecule is CSC1=C(N2CCCC2)CC(C)(C)CC1=C(C#N)C#N. The Hall–Kier alpha value is -1.39. The third kappa shape index (κ3) is 2.86. The van der Waals surface area contributed by atoms with E-state index < -0.39 is 0 Å². The molecule has 0 amide bonds. The minimum atomic E-state index is 0.117. The van der Waals surface area contributed by atoms with Crippen LogP contribution in [0.15, 0.2) is 21.7 Å². The Kier molecular flexibility index (Phi) is 4.45. The van der Waals surface area contributed by atoms with Crippen molar-refractivity contribution in [1.82, 2.24) is 4.90 Å². The Bertz CT molecular complexity index is 521. The average Bonchev–Trinajstić information content (AvgIpc) is 2.92. The van der Waals surface area contributed by atoms with Crippen LogP contribution in [0.4, 0.5) is 0 Å². The van der Waals surface area contributed by atoms with E-state index in [0.717, 1.165) is 31.5 Å². The molecule has 0 aromatic carbocycles. The maximum atomic E-state index is 9.24. The molecule has 0 bridgehead atoms. The summed E-state index contributed by atoms with van der Waals surface area (Å²) in [6, 6.07) is 4.17. The molecule has 3 nitrogen and oxygen atoms in total. The van der Waals surface area contributed by atoms with Crippen molar-refractivity contribution in [2.45, 2.75) is 39.5 Å². The fraction of sp³-hybridized carbons (Fsp3) is 0.625. The van der Waals surface area contributed by atoms with Gasteiger partial charge in [0.05, 0.1) is 0 Å². The lowest BCUT2D eigenvalue weighted by molar-refractivity contribution is 0.289. The van der Waals surface area contributed by atoms with Crippen LogP contribution in [0.1, 0.15) is 39.5 Å². The van der Waals surface area contributed by atoms with Gasteiger partial charge >= 0.3 is 0 Å². The second-order valence-corrected chi connectivity index (χ2v) is 7.09. The molecule has 0 aromatic rings. The number of rotatable bonds is 2. The average molecular weight is 287 g/mol. The van der Waals surface area contributed by atoms with Gasteiger partial charge in [-0.1, -0.05) is 13.8 Å². The fourth-order valence-electron chi connectivity index (χ4n) is 3.17. The second kappa shape index (κ2) is 5.94. The Morgan fingerprint density at radius 2 is 1.75 bits per heavy atom. The molecular weight excluding hydrogens is 266 g/mol. The van der Waals surface area contributed by atoms with Crippen molar-refractivity contribution in [2.75, 3.05) is 19.3 Å². The first kappa shape index (κ1) is 15.0. The second-order valence-electron chi connectivity index (χ2n) is 6.27. The highest BCUT2D eigenvalue weighted by Crippen LogP contribution is 2.47. The van der Waals surface area contributed by atoms with Crippen LogP contribution in [0.3, 0.4) is 0 Å². The number of nitrogens with zero attached hydrogens (tertiary/aromatic N) is 3. The Labute approximate surface area is 125 Å². The molecule has 0 atom stereocenters. The van der Waals surface area contributed by atoms with Crippen LogP contribution in [-0.2, 0) is 0 Å². The highest BCUT2D eigenvalue weighted by molar-refractivity contribution is 8.02. The molecule has 106 valence electrons. The van der Waals surface area contributed by atoms with Gasteiger partial charge in [-0.25, -0.2) is 0 Å². The van der Waals surface area contributed by atoms with Crippen molar-refractivity contribution in [3.63, 3.8) is 0 Å². The van der Waals surface area contributed by atoms with Crippen LogP contribution in [-0.4, -0.2) is 24.2 Å². The summed E-state index contributed by atoms with van der Waals surface area (Å²) in [6.45, 7) is 6.67. The summed E-state index contributed by atoms with van der Waals surface area (Å²) < 4.78 is 0. The molecule has 1 aliphatic carbocycles. The minimum absolute atomic E-state index is 0.117. The molecule has 2 rings (SSSR count).